The summed E-state index contributed by atoms with van der Waals surface area (Å²) in [5.41, 5.74) is 0. The number of hydrogen-bond donors (Lipinski definition) is 0. The molecule has 2 unspecified atom stereocenters. The third-order valence-electron chi connectivity index (χ3n) is 3.47. The fourth-order valence-corrected chi connectivity index (χ4v) is 2.34. The first kappa shape index (κ1) is 13.6. The highest BCUT2D eigenvalue weighted by Crippen LogP contribution is 2.28. The molecule has 19 heavy (non-hydrogen) atoms. The summed E-state index contributed by atoms with van der Waals surface area (Å²) in [7, 11) is 5.25. The van der Waals surface area contributed by atoms with Gasteiger partial charge in [-0.05, 0) is 12.0 Å². The van der Waals surface area contributed by atoms with Crippen molar-refractivity contribution in [1.29, 1.82) is 0 Å². The largest absolute Gasteiger partial charge is 0.469 e. The lowest BCUT2D eigenvalue weighted by Gasteiger charge is -2.19. The standard InChI is InChI=1S/C13H20N4O2/c1-9-7-17(8-10(9)12(18)19-4)11-5-6-14-13(15-11)16(2)3/h5-6,9-10H,7-8H2,1-4H3. The third kappa shape index (κ3) is 2.77. The van der Waals surface area contributed by atoms with Crippen LogP contribution in [-0.4, -0.2) is 50.2 Å². The number of esters is 1. The second-order valence-corrected chi connectivity index (χ2v) is 5.12. The van der Waals surface area contributed by atoms with Crippen LogP contribution in [0.2, 0.25) is 0 Å². The Kier molecular flexibility index (Phi) is 3.87. The fourth-order valence-electron chi connectivity index (χ4n) is 2.34. The monoisotopic (exact) mass is 264 g/mol. The van der Waals surface area contributed by atoms with Crippen LogP contribution in [0, 0.1) is 11.8 Å². The van der Waals surface area contributed by atoms with Crippen molar-refractivity contribution in [2.45, 2.75) is 6.92 Å². The maximum absolute atomic E-state index is 11.7. The van der Waals surface area contributed by atoms with E-state index in [1.807, 2.05) is 25.1 Å². The van der Waals surface area contributed by atoms with Gasteiger partial charge in [-0.3, -0.25) is 4.79 Å². The van der Waals surface area contributed by atoms with E-state index in [0.717, 1.165) is 12.4 Å². The van der Waals surface area contributed by atoms with Crippen LogP contribution in [0.4, 0.5) is 11.8 Å². The Bertz CT molecular complexity index is 464. The molecule has 1 aliphatic heterocycles. The van der Waals surface area contributed by atoms with E-state index in [0.29, 0.717) is 12.5 Å². The highest BCUT2D eigenvalue weighted by molar-refractivity contribution is 5.74. The van der Waals surface area contributed by atoms with Crippen LogP contribution in [0.1, 0.15) is 6.92 Å². The van der Waals surface area contributed by atoms with Crippen LogP contribution in [0.25, 0.3) is 0 Å². The number of methoxy groups -OCH3 is 1. The Morgan fingerprint density at radius 3 is 2.84 bits per heavy atom. The molecule has 1 aliphatic rings. The quantitative estimate of drug-likeness (QED) is 0.752. The van der Waals surface area contributed by atoms with Crippen LogP contribution in [0.3, 0.4) is 0 Å². The second kappa shape index (κ2) is 5.42. The molecule has 0 amide bonds. The number of nitrogens with zero attached hydrogens (tertiary/aromatic N) is 4. The highest BCUT2D eigenvalue weighted by Gasteiger charge is 2.36. The van der Waals surface area contributed by atoms with Crippen molar-refractivity contribution in [1.82, 2.24) is 9.97 Å². The topological polar surface area (TPSA) is 58.6 Å². The SMILES string of the molecule is COC(=O)C1CN(c2ccnc(N(C)C)n2)CC1C. The highest BCUT2D eigenvalue weighted by atomic mass is 16.5. The number of ether oxygens (including phenoxy) is 1. The molecule has 0 saturated carbocycles. The van der Waals surface area contributed by atoms with Gasteiger partial charge in [-0.2, -0.15) is 4.98 Å². The van der Waals surface area contributed by atoms with E-state index in [9.17, 15) is 4.79 Å². The maximum atomic E-state index is 11.7. The van der Waals surface area contributed by atoms with Crippen LogP contribution >= 0.6 is 0 Å². The zero-order valence-corrected chi connectivity index (χ0v) is 11.8. The van der Waals surface area contributed by atoms with Crippen LogP contribution in [0.15, 0.2) is 12.3 Å². The summed E-state index contributed by atoms with van der Waals surface area (Å²) >= 11 is 0. The van der Waals surface area contributed by atoms with Gasteiger partial charge in [0.25, 0.3) is 0 Å². The summed E-state index contributed by atoms with van der Waals surface area (Å²) in [6.45, 7) is 3.52. The van der Waals surface area contributed by atoms with Gasteiger partial charge in [-0.15, -0.1) is 0 Å². The molecule has 2 rings (SSSR count). The van der Waals surface area contributed by atoms with E-state index < -0.39 is 0 Å². The average Bonchev–Trinajstić information content (AvgIpc) is 2.80. The first-order chi connectivity index (χ1) is 9.02. The lowest BCUT2D eigenvalue weighted by atomic mass is 9.99. The Labute approximate surface area is 113 Å². The van der Waals surface area contributed by atoms with Gasteiger partial charge in [0.15, 0.2) is 0 Å². The summed E-state index contributed by atoms with van der Waals surface area (Å²) in [6, 6.07) is 1.87. The summed E-state index contributed by atoms with van der Waals surface area (Å²) in [6.07, 6.45) is 1.74. The van der Waals surface area contributed by atoms with Crippen molar-refractivity contribution in [2.24, 2.45) is 11.8 Å². The lowest BCUT2D eigenvalue weighted by Crippen LogP contribution is -2.25. The Balaban J connectivity index is 2.16. The number of carbonyl (C=O) groups is 1. The van der Waals surface area contributed by atoms with E-state index >= 15 is 0 Å². The normalized spacial score (nSPS) is 22.4. The molecule has 0 spiro atoms. The first-order valence-corrected chi connectivity index (χ1v) is 6.36. The molecular weight excluding hydrogens is 244 g/mol. The molecular formula is C13H20N4O2. The molecule has 0 aliphatic carbocycles. The molecule has 6 heteroatoms. The first-order valence-electron chi connectivity index (χ1n) is 6.36. The summed E-state index contributed by atoms with van der Waals surface area (Å²) in [4.78, 5) is 24.4. The van der Waals surface area contributed by atoms with Crippen molar-refractivity contribution >= 4 is 17.7 Å². The van der Waals surface area contributed by atoms with Gasteiger partial charge in [-0.25, -0.2) is 4.98 Å². The molecule has 2 heterocycles. The lowest BCUT2D eigenvalue weighted by molar-refractivity contribution is -0.145. The fraction of sp³-hybridized carbons (Fsp3) is 0.615. The molecule has 0 bridgehead atoms. The number of carbonyl (C=O) groups excluding carboxylic acids is 1. The second-order valence-electron chi connectivity index (χ2n) is 5.12. The molecule has 0 aromatic carbocycles. The van der Waals surface area contributed by atoms with Gasteiger partial charge in [0.1, 0.15) is 5.82 Å². The van der Waals surface area contributed by atoms with Gasteiger partial charge in [0.2, 0.25) is 5.95 Å². The number of anilines is 2. The number of aromatic nitrogens is 2. The van der Waals surface area contributed by atoms with E-state index in [-0.39, 0.29) is 17.8 Å². The smallest absolute Gasteiger partial charge is 0.310 e. The van der Waals surface area contributed by atoms with Crippen LogP contribution < -0.4 is 9.80 Å². The molecule has 0 radical (unpaired) electrons. The van der Waals surface area contributed by atoms with Crippen LogP contribution in [-0.2, 0) is 9.53 Å². The van der Waals surface area contributed by atoms with E-state index in [2.05, 4.69) is 21.8 Å². The molecule has 1 saturated heterocycles. The molecule has 6 nitrogen and oxygen atoms in total. The molecule has 2 atom stereocenters. The Morgan fingerprint density at radius 1 is 1.47 bits per heavy atom. The molecule has 1 fully saturated rings. The maximum Gasteiger partial charge on any atom is 0.310 e. The molecule has 1 aromatic heterocycles. The molecule has 1 aromatic rings. The van der Waals surface area contributed by atoms with Crippen molar-refractivity contribution in [3.63, 3.8) is 0 Å². The van der Waals surface area contributed by atoms with Crippen molar-refractivity contribution in [3.05, 3.63) is 12.3 Å². The molecule has 0 N–H and O–H groups in total. The predicted octanol–water partition coefficient (Wildman–Crippen LogP) is 0.788. The minimum Gasteiger partial charge on any atom is -0.469 e. The van der Waals surface area contributed by atoms with E-state index in [1.54, 1.807) is 6.20 Å². The van der Waals surface area contributed by atoms with Crippen molar-refractivity contribution < 1.29 is 9.53 Å². The minimum atomic E-state index is -0.142. The average molecular weight is 264 g/mol. The van der Waals surface area contributed by atoms with Crippen molar-refractivity contribution in [3.8, 4) is 0 Å². The Morgan fingerprint density at radius 2 is 2.21 bits per heavy atom. The summed E-state index contributed by atoms with van der Waals surface area (Å²) in [5, 5.41) is 0. The van der Waals surface area contributed by atoms with Crippen molar-refractivity contribution in [2.75, 3.05) is 44.1 Å². The van der Waals surface area contributed by atoms with E-state index in [4.69, 9.17) is 4.74 Å². The van der Waals surface area contributed by atoms with Gasteiger partial charge in [-0.1, -0.05) is 6.92 Å². The number of rotatable bonds is 3. The zero-order chi connectivity index (χ0) is 14.0. The van der Waals surface area contributed by atoms with Gasteiger partial charge in [0.05, 0.1) is 13.0 Å². The van der Waals surface area contributed by atoms with Gasteiger partial charge < -0.3 is 14.5 Å². The number of hydrogen-bond acceptors (Lipinski definition) is 6. The Hall–Kier alpha value is -1.85. The summed E-state index contributed by atoms with van der Waals surface area (Å²) < 4.78 is 4.84. The van der Waals surface area contributed by atoms with Gasteiger partial charge >= 0.3 is 5.97 Å². The molecule has 104 valence electrons. The van der Waals surface area contributed by atoms with E-state index in [1.165, 1.54) is 7.11 Å². The van der Waals surface area contributed by atoms with Crippen LogP contribution in [0.5, 0.6) is 0 Å². The summed E-state index contributed by atoms with van der Waals surface area (Å²) in [5.74, 6) is 1.58. The third-order valence-corrected chi connectivity index (χ3v) is 3.47. The predicted molar refractivity (Wildman–Crippen MR) is 73.2 cm³/mol. The zero-order valence-electron chi connectivity index (χ0n) is 11.8. The van der Waals surface area contributed by atoms with Gasteiger partial charge in [0, 0.05) is 33.4 Å². The minimum absolute atomic E-state index is 0.0808.